The second kappa shape index (κ2) is 4.83. The minimum Gasteiger partial charge on any atom is -0.396 e. The summed E-state index contributed by atoms with van der Waals surface area (Å²) in [5, 5.41) is 21.1. The maximum Gasteiger partial charge on any atom is 0.253 e. The Balaban J connectivity index is 2.06. The van der Waals surface area contributed by atoms with Crippen LogP contribution in [0.25, 0.3) is 0 Å². The van der Waals surface area contributed by atoms with Crippen molar-refractivity contribution in [3.05, 3.63) is 23.5 Å². The largest absolute Gasteiger partial charge is 0.396 e. The highest BCUT2D eigenvalue weighted by molar-refractivity contribution is 5.94. The summed E-state index contributed by atoms with van der Waals surface area (Å²) in [6.07, 6.45) is 4.35. The zero-order valence-electron chi connectivity index (χ0n) is 10.4. The topological polar surface area (TPSA) is 88.9 Å². The summed E-state index contributed by atoms with van der Waals surface area (Å²) in [5.74, 6) is -0.195. The number of nitrogens with one attached hydrogen (secondary N) is 2. The zero-order chi connectivity index (χ0) is 13.2. The van der Waals surface area contributed by atoms with Gasteiger partial charge < -0.3 is 15.4 Å². The Labute approximate surface area is 106 Å². The Hall–Kier alpha value is -1.80. The van der Waals surface area contributed by atoms with E-state index >= 15 is 0 Å². The summed E-state index contributed by atoms with van der Waals surface area (Å²) >= 11 is 0. The van der Waals surface area contributed by atoms with E-state index in [9.17, 15) is 9.90 Å². The molecule has 1 aliphatic carbocycles. The van der Waals surface area contributed by atoms with Crippen LogP contribution in [0.15, 0.2) is 12.3 Å². The third-order valence-electron chi connectivity index (χ3n) is 3.81. The van der Waals surface area contributed by atoms with Gasteiger partial charge in [0, 0.05) is 17.7 Å². The number of carbonyl (C=O) groups excluding carboxylic acids is 1. The Morgan fingerprint density at radius 1 is 1.78 bits per heavy atom. The van der Waals surface area contributed by atoms with Crippen LogP contribution >= 0.6 is 0 Å². The molecule has 0 saturated heterocycles. The first-order valence-electron chi connectivity index (χ1n) is 6.09. The maximum absolute atomic E-state index is 12.0. The molecule has 1 aromatic heterocycles. The number of hydrogen-bond donors (Lipinski definition) is 3. The Morgan fingerprint density at radius 2 is 2.56 bits per heavy atom. The number of nitriles is 1. The van der Waals surface area contributed by atoms with E-state index < -0.39 is 0 Å². The Morgan fingerprint density at radius 3 is 3.17 bits per heavy atom. The number of nitrogens with zero attached hydrogens (tertiary/aromatic N) is 1. The number of H-pyrrole nitrogens is 1. The zero-order valence-corrected chi connectivity index (χ0v) is 10.4. The Bertz CT molecular complexity index is 489. The molecule has 0 spiro atoms. The molecule has 0 radical (unpaired) electrons. The van der Waals surface area contributed by atoms with E-state index in [4.69, 9.17) is 5.26 Å². The highest BCUT2D eigenvalue weighted by Crippen LogP contribution is 2.37. The molecular formula is C13H17N3O2. The summed E-state index contributed by atoms with van der Waals surface area (Å²) in [5.41, 5.74) is 0.597. The van der Waals surface area contributed by atoms with Gasteiger partial charge in [-0.05, 0) is 18.9 Å². The van der Waals surface area contributed by atoms with Crippen LogP contribution in [-0.4, -0.2) is 28.6 Å². The van der Waals surface area contributed by atoms with E-state index in [1.165, 1.54) is 12.3 Å². The summed E-state index contributed by atoms with van der Waals surface area (Å²) in [7, 11) is 0. The quantitative estimate of drug-likeness (QED) is 0.749. The first-order chi connectivity index (χ1) is 8.59. The molecule has 0 bridgehead atoms. The first kappa shape index (κ1) is 12.7. The molecule has 1 amide bonds. The van der Waals surface area contributed by atoms with Gasteiger partial charge in [0.2, 0.25) is 0 Å². The number of aromatic amines is 1. The van der Waals surface area contributed by atoms with Gasteiger partial charge in [-0.1, -0.05) is 13.3 Å². The molecule has 18 heavy (non-hydrogen) atoms. The number of rotatable bonds is 3. The summed E-state index contributed by atoms with van der Waals surface area (Å²) in [6, 6.07) is 3.47. The minimum atomic E-state index is -0.232. The molecule has 1 heterocycles. The van der Waals surface area contributed by atoms with Crippen LogP contribution in [0.5, 0.6) is 0 Å². The second-order valence-corrected chi connectivity index (χ2v) is 5.14. The normalized spacial score (nSPS) is 26.8. The molecule has 0 aromatic carbocycles. The fraction of sp³-hybridized carbons (Fsp3) is 0.538. The smallest absolute Gasteiger partial charge is 0.253 e. The fourth-order valence-electron chi connectivity index (χ4n) is 2.50. The van der Waals surface area contributed by atoms with Crippen LogP contribution in [0.1, 0.15) is 42.2 Å². The van der Waals surface area contributed by atoms with Crippen LogP contribution in [0.4, 0.5) is 0 Å². The van der Waals surface area contributed by atoms with Crippen LogP contribution in [-0.2, 0) is 0 Å². The molecule has 1 fully saturated rings. The molecule has 2 rings (SSSR count). The fourth-order valence-corrected chi connectivity index (χ4v) is 2.50. The van der Waals surface area contributed by atoms with E-state index in [2.05, 4.69) is 10.3 Å². The van der Waals surface area contributed by atoms with Gasteiger partial charge in [0.15, 0.2) is 0 Å². The number of amides is 1. The minimum absolute atomic E-state index is 0.00423. The van der Waals surface area contributed by atoms with Crippen LogP contribution in [0.3, 0.4) is 0 Å². The summed E-state index contributed by atoms with van der Waals surface area (Å²) in [6.45, 7) is 2.07. The van der Waals surface area contributed by atoms with Gasteiger partial charge in [0.1, 0.15) is 11.8 Å². The maximum atomic E-state index is 12.0. The van der Waals surface area contributed by atoms with Crippen LogP contribution in [0.2, 0.25) is 0 Å². The molecule has 1 aliphatic rings. The predicted octanol–water partition coefficient (Wildman–Crippen LogP) is 1.17. The summed E-state index contributed by atoms with van der Waals surface area (Å²) < 4.78 is 0. The van der Waals surface area contributed by atoms with Crippen molar-refractivity contribution in [2.75, 3.05) is 6.61 Å². The van der Waals surface area contributed by atoms with Crippen molar-refractivity contribution in [2.45, 2.75) is 32.2 Å². The number of carbonyl (C=O) groups is 1. The number of aromatic nitrogens is 1. The molecule has 2 unspecified atom stereocenters. The highest BCUT2D eigenvalue weighted by Gasteiger charge is 2.39. The average molecular weight is 247 g/mol. The third-order valence-corrected chi connectivity index (χ3v) is 3.81. The van der Waals surface area contributed by atoms with Crippen molar-refractivity contribution < 1.29 is 9.90 Å². The SMILES string of the molecule is CC1(CO)CCCC1NC(=O)c1c[nH]c(C#N)c1. The lowest BCUT2D eigenvalue weighted by atomic mass is 9.85. The lowest BCUT2D eigenvalue weighted by molar-refractivity contribution is 0.0830. The summed E-state index contributed by atoms with van der Waals surface area (Å²) in [4.78, 5) is 14.7. The lowest BCUT2D eigenvalue weighted by Crippen LogP contribution is -2.44. The molecular weight excluding hydrogens is 230 g/mol. The molecule has 5 nitrogen and oxygen atoms in total. The predicted molar refractivity (Wildman–Crippen MR) is 65.8 cm³/mol. The van der Waals surface area contributed by atoms with Crippen molar-refractivity contribution >= 4 is 5.91 Å². The van der Waals surface area contributed by atoms with Crippen LogP contribution < -0.4 is 5.32 Å². The average Bonchev–Trinajstić information content (AvgIpc) is 2.97. The van der Waals surface area contributed by atoms with Crippen molar-refractivity contribution in [3.8, 4) is 6.07 Å². The number of hydrogen-bond acceptors (Lipinski definition) is 3. The van der Waals surface area contributed by atoms with E-state index in [-0.39, 0.29) is 24.0 Å². The van der Waals surface area contributed by atoms with Crippen molar-refractivity contribution in [1.82, 2.24) is 10.3 Å². The van der Waals surface area contributed by atoms with Gasteiger partial charge in [-0.3, -0.25) is 4.79 Å². The van der Waals surface area contributed by atoms with E-state index in [1.807, 2.05) is 13.0 Å². The van der Waals surface area contributed by atoms with Gasteiger partial charge >= 0.3 is 0 Å². The Kier molecular flexibility index (Phi) is 3.39. The van der Waals surface area contributed by atoms with E-state index in [1.54, 1.807) is 0 Å². The third kappa shape index (κ3) is 2.24. The van der Waals surface area contributed by atoms with E-state index in [0.29, 0.717) is 11.3 Å². The molecule has 3 N–H and O–H groups in total. The van der Waals surface area contributed by atoms with Gasteiger partial charge in [0.05, 0.1) is 12.2 Å². The van der Waals surface area contributed by atoms with Crippen LogP contribution in [0, 0.1) is 16.7 Å². The van der Waals surface area contributed by atoms with E-state index in [0.717, 1.165) is 19.3 Å². The molecule has 1 saturated carbocycles. The number of aliphatic hydroxyl groups is 1. The first-order valence-corrected chi connectivity index (χ1v) is 6.09. The molecule has 1 aromatic rings. The van der Waals surface area contributed by atoms with Crippen molar-refractivity contribution in [1.29, 1.82) is 5.26 Å². The molecule has 5 heteroatoms. The monoisotopic (exact) mass is 247 g/mol. The molecule has 96 valence electrons. The highest BCUT2D eigenvalue weighted by atomic mass is 16.3. The standard InChI is InChI=1S/C13H17N3O2/c1-13(8-17)4-2-3-11(13)16-12(18)9-5-10(6-14)15-7-9/h5,7,11,15,17H,2-4,8H2,1H3,(H,16,18). The van der Waals surface area contributed by atoms with Gasteiger partial charge in [0.25, 0.3) is 5.91 Å². The lowest BCUT2D eigenvalue weighted by Gasteiger charge is -2.29. The second-order valence-electron chi connectivity index (χ2n) is 5.14. The van der Waals surface area contributed by atoms with Gasteiger partial charge in [-0.25, -0.2) is 0 Å². The molecule has 0 aliphatic heterocycles. The molecule has 2 atom stereocenters. The van der Waals surface area contributed by atoms with Crippen molar-refractivity contribution in [3.63, 3.8) is 0 Å². The van der Waals surface area contributed by atoms with Gasteiger partial charge in [-0.15, -0.1) is 0 Å². The van der Waals surface area contributed by atoms with Gasteiger partial charge in [-0.2, -0.15) is 5.26 Å². The van der Waals surface area contributed by atoms with Crippen molar-refractivity contribution in [2.24, 2.45) is 5.41 Å². The number of aliphatic hydroxyl groups excluding tert-OH is 1.